The van der Waals surface area contributed by atoms with Gasteiger partial charge >= 0.3 is 0 Å². The van der Waals surface area contributed by atoms with E-state index in [-0.39, 0.29) is 11.1 Å². The fraction of sp³-hybridized carbons (Fsp3) is 0.273. The van der Waals surface area contributed by atoms with E-state index >= 15 is 0 Å². The second-order valence-electron chi connectivity index (χ2n) is 7.54. The van der Waals surface area contributed by atoms with Gasteiger partial charge in [-0.05, 0) is 61.6 Å². The van der Waals surface area contributed by atoms with Crippen molar-refractivity contribution in [2.24, 2.45) is 0 Å². The van der Waals surface area contributed by atoms with Gasteiger partial charge < -0.3 is 14.6 Å². The molecule has 0 fully saturated rings. The van der Waals surface area contributed by atoms with E-state index in [1.807, 2.05) is 0 Å². The molecule has 0 saturated heterocycles. The molecule has 2 aromatic carbocycles. The Balaban J connectivity index is 1.59. The number of rotatable bonds is 2. The summed E-state index contributed by atoms with van der Waals surface area (Å²) in [5, 5.41) is 12.8. The Hall–Kier alpha value is -2.50. The minimum atomic E-state index is -0.433. The van der Waals surface area contributed by atoms with Crippen LogP contribution in [-0.2, 0) is 12.8 Å². The van der Waals surface area contributed by atoms with Gasteiger partial charge in [-0.25, -0.2) is 0 Å². The number of hydrogen-bond acceptors (Lipinski definition) is 4. The molecule has 0 spiro atoms. The highest BCUT2D eigenvalue weighted by molar-refractivity contribution is 6.36. The van der Waals surface area contributed by atoms with Gasteiger partial charge in [0.25, 0.3) is 5.91 Å². The molecule has 0 radical (unpaired) electrons. The zero-order valence-corrected chi connectivity index (χ0v) is 17.2. The Morgan fingerprint density at radius 2 is 1.90 bits per heavy atom. The molecule has 7 heteroatoms. The van der Waals surface area contributed by atoms with Crippen molar-refractivity contribution < 1.29 is 9.21 Å². The summed E-state index contributed by atoms with van der Waals surface area (Å²) in [5.74, 6) is -0.433. The Morgan fingerprint density at radius 3 is 2.69 bits per heavy atom. The number of carbonyl (C=O) groups is 1. The third kappa shape index (κ3) is 3.18. The average Bonchev–Trinajstić information content (AvgIpc) is 2.70. The number of aryl methyl sites for hydroxylation is 2. The van der Waals surface area contributed by atoms with Crippen LogP contribution in [0.15, 0.2) is 34.7 Å². The third-order valence-corrected chi connectivity index (χ3v) is 6.22. The van der Waals surface area contributed by atoms with Crippen molar-refractivity contribution in [2.75, 3.05) is 23.3 Å². The molecule has 2 aliphatic heterocycles. The van der Waals surface area contributed by atoms with Gasteiger partial charge in [-0.3, -0.25) is 10.2 Å². The number of nitrogens with one attached hydrogen (secondary N) is 2. The lowest BCUT2D eigenvalue weighted by Crippen LogP contribution is -2.34. The summed E-state index contributed by atoms with van der Waals surface area (Å²) < 4.78 is 5.90. The third-order valence-electron chi connectivity index (χ3n) is 5.67. The van der Waals surface area contributed by atoms with E-state index in [1.165, 1.54) is 16.8 Å². The average molecular weight is 428 g/mol. The number of benzene rings is 2. The summed E-state index contributed by atoms with van der Waals surface area (Å²) in [7, 11) is 0. The first-order valence-electron chi connectivity index (χ1n) is 9.70. The molecular formula is C22H19Cl2N3O2. The minimum Gasteiger partial charge on any atom is -0.438 e. The summed E-state index contributed by atoms with van der Waals surface area (Å²) in [6, 6.07) is 8.72. The smallest absolute Gasteiger partial charge is 0.261 e. The number of nitrogens with zero attached hydrogens (tertiary/aromatic N) is 1. The van der Waals surface area contributed by atoms with Crippen LogP contribution in [0.25, 0.3) is 11.0 Å². The van der Waals surface area contributed by atoms with Crippen LogP contribution in [0, 0.1) is 5.41 Å². The van der Waals surface area contributed by atoms with Crippen molar-refractivity contribution in [1.82, 2.24) is 0 Å². The minimum absolute atomic E-state index is 0.149. The number of fused-ring (bicyclic) bond motifs is 2. The first-order valence-corrected chi connectivity index (χ1v) is 10.5. The highest BCUT2D eigenvalue weighted by Gasteiger charge is 2.27. The molecule has 2 aliphatic rings. The molecule has 0 unspecified atom stereocenters. The van der Waals surface area contributed by atoms with E-state index in [9.17, 15) is 4.79 Å². The molecule has 1 aromatic heterocycles. The Bertz CT molecular complexity index is 1220. The van der Waals surface area contributed by atoms with Crippen LogP contribution in [0.3, 0.4) is 0 Å². The SMILES string of the molecule is N=c1oc2c3c4c(cc2cc1C(=O)Nc1ccc(Cl)cc1Cl)CCCN4CCC3. The van der Waals surface area contributed by atoms with Crippen LogP contribution in [-0.4, -0.2) is 19.0 Å². The maximum atomic E-state index is 12.8. The molecule has 0 saturated carbocycles. The van der Waals surface area contributed by atoms with Crippen LogP contribution < -0.4 is 15.8 Å². The molecule has 5 rings (SSSR count). The number of hydrogen-bond donors (Lipinski definition) is 2. The molecule has 148 valence electrons. The maximum absolute atomic E-state index is 12.8. The normalized spacial score (nSPS) is 15.3. The van der Waals surface area contributed by atoms with E-state index in [1.54, 1.807) is 24.3 Å². The van der Waals surface area contributed by atoms with E-state index in [0.717, 1.165) is 49.7 Å². The summed E-state index contributed by atoms with van der Waals surface area (Å²) in [4.78, 5) is 15.3. The van der Waals surface area contributed by atoms with Crippen LogP contribution in [0.2, 0.25) is 10.0 Å². The fourth-order valence-corrected chi connectivity index (χ4v) is 4.87. The molecular weight excluding hydrogens is 409 g/mol. The Kier molecular flexibility index (Phi) is 4.52. The predicted octanol–water partition coefficient (Wildman–Crippen LogP) is 5.17. The second-order valence-corrected chi connectivity index (χ2v) is 8.39. The molecule has 0 atom stereocenters. The van der Waals surface area contributed by atoms with Crippen molar-refractivity contribution in [3.63, 3.8) is 0 Å². The van der Waals surface area contributed by atoms with E-state index in [4.69, 9.17) is 33.0 Å². The van der Waals surface area contributed by atoms with Crippen molar-refractivity contribution in [2.45, 2.75) is 25.7 Å². The van der Waals surface area contributed by atoms with Crippen LogP contribution >= 0.6 is 23.2 Å². The van der Waals surface area contributed by atoms with Gasteiger partial charge in [0, 0.05) is 34.7 Å². The molecule has 5 nitrogen and oxygen atoms in total. The topological polar surface area (TPSA) is 69.3 Å². The lowest BCUT2D eigenvalue weighted by Gasteiger charge is -2.37. The first-order chi connectivity index (χ1) is 14.0. The first kappa shape index (κ1) is 18.5. The summed E-state index contributed by atoms with van der Waals surface area (Å²) >= 11 is 12.1. The van der Waals surface area contributed by atoms with Gasteiger partial charge in [0.15, 0.2) is 0 Å². The Labute approximate surface area is 177 Å². The zero-order valence-electron chi connectivity index (χ0n) is 15.6. The van der Waals surface area contributed by atoms with Gasteiger partial charge in [-0.2, -0.15) is 0 Å². The number of amides is 1. The van der Waals surface area contributed by atoms with Gasteiger partial charge in [0.1, 0.15) is 11.1 Å². The fourth-order valence-electron chi connectivity index (χ4n) is 4.41. The van der Waals surface area contributed by atoms with Gasteiger partial charge in [-0.1, -0.05) is 23.2 Å². The molecule has 3 heterocycles. The number of carbonyl (C=O) groups excluding carboxylic acids is 1. The summed E-state index contributed by atoms with van der Waals surface area (Å²) in [6.07, 6.45) is 4.17. The highest BCUT2D eigenvalue weighted by Crippen LogP contribution is 2.39. The summed E-state index contributed by atoms with van der Waals surface area (Å²) in [6.45, 7) is 2.14. The van der Waals surface area contributed by atoms with Gasteiger partial charge in [-0.15, -0.1) is 0 Å². The van der Waals surface area contributed by atoms with Crippen molar-refractivity contribution in [3.8, 4) is 0 Å². The monoisotopic (exact) mass is 427 g/mol. The number of halogens is 2. The van der Waals surface area contributed by atoms with Crippen molar-refractivity contribution >= 4 is 51.5 Å². The standard InChI is InChI=1S/C22H19Cl2N3O2/c23-14-5-6-18(17(24)11-14)26-22(28)16-10-13-9-12-3-1-7-27-8-2-4-15(19(12)27)20(13)29-21(16)25/h5-6,9-11,25H,1-4,7-8H2,(H,26,28). The highest BCUT2D eigenvalue weighted by atomic mass is 35.5. The molecule has 29 heavy (non-hydrogen) atoms. The predicted molar refractivity (Wildman–Crippen MR) is 115 cm³/mol. The maximum Gasteiger partial charge on any atom is 0.261 e. The van der Waals surface area contributed by atoms with Crippen LogP contribution in [0.1, 0.15) is 34.3 Å². The number of anilines is 2. The quantitative estimate of drug-likeness (QED) is 0.592. The van der Waals surface area contributed by atoms with Crippen molar-refractivity contribution in [3.05, 3.63) is 62.6 Å². The molecule has 1 amide bonds. The molecule has 3 aromatic rings. The lowest BCUT2D eigenvalue weighted by atomic mass is 9.90. The lowest BCUT2D eigenvalue weighted by molar-refractivity contribution is 0.102. The van der Waals surface area contributed by atoms with Gasteiger partial charge in [0.2, 0.25) is 5.55 Å². The van der Waals surface area contributed by atoms with E-state index < -0.39 is 5.91 Å². The van der Waals surface area contributed by atoms with Gasteiger partial charge in [0.05, 0.1) is 10.7 Å². The second kappa shape index (κ2) is 7.08. The molecule has 2 N–H and O–H groups in total. The molecule has 0 aliphatic carbocycles. The van der Waals surface area contributed by atoms with E-state index in [2.05, 4.69) is 16.3 Å². The van der Waals surface area contributed by atoms with E-state index in [0.29, 0.717) is 15.7 Å². The zero-order chi connectivity index (χ0) is 20.1. The molecule has 0 bridgehead atoms. The summed E-state index contributed by atoms with van der Waals surface area (Å²) in [5.41, 5.74) is 4.95. The largest absolute Gasteiger partial charge is 0.438 e. The Morgan fingerprint density at radius 1 is 1.10 bits per heavy atom. The van der Waals surface area contributed by atoms with Crippen LogP contribution in [0.5, 0.6) is 0 Å². The van der Waals surface area contributed by atoms with Crippen LogP contribution in [0.4, 0.5) is 11.4 Å². The van der Waals surface area contributed by atoms with Crippen molar-refractivity contribution in [1.29, 1.82) is 5.41 Å².